The summed E-state index contributed by atoms with van der Waals surface area (Å²) in [6.45, 7) is 5.25. The standard InChI is InChI=1S/C19H20FN2OSi/c1-4-21-24(3)15-7-5-6-13(10-15)18-12-22(2)19(23)16-9-8-14(20)11-17(16)18/h5-12,21H,4H2,1-3H3. The molecule has 24 heavy (non-hydrogen) atoms. The molecule has 1 radical (unpaired) electrons. The molecule has 0 aliphatic carbocycles. The number of aromatic nitrogens is 1. The average Bonchev–Trinajstić information content (AvgIpc) is 2.58. The lowest BCUT2D eigenvalue weighted by Crippen LogP contribution is -2.41. The Labute approximate surface area is 142 Å². The lowest BCUT2D eigenvalue weighted by atomic mass is 10.0. The Balaban J connectivity index is 2.23. The van der Waals surface area contributed by atoms with Crippen molar-refractivity contribution in [1.82, 2.24) is 9.55 Å². The minimum Gasteiger partial charge on any atom is -0.335 e. The summed E-state index contributed by atoms with van der Waals surface area (Å²) in [6.07, 6.45) is 1.79. The molecule has 3 rings (SSSR count). The minimum atomic E-state index is -0.819. The van der Waals surface area contributed by atoms with Crippen molar-refractivity contribution >= 4 is 24.9 Å². The Bertz CT molecular complexity index is 952. The van der Waals surface area contributed by atoms with Crippen LogP contribution in [0.1, 0.15) is 6.92 Å². The fourth-order valence-corrected chi connectivity index (χ4v) is 4.41. The van der Waals surface area contributed by atoms with Crippen LogP contribution >= 0.6 is 0 Å². The number of fused-ring (bicyclic) bond motifs is 1. The highest BCUT2D eigenvalue weighted by Gasteiger charge is 2.12. The molecule has 5 heteroatoms. The van der Waals surface area contributed by atoms with Gasteiger partial charge in [-0.05, 0) is 40.9 Å². The quantitative estimate of drug-likeness (QED) is 0.742. The highest BCUT2D eigenvalue weighted by atomic mass is 28.3. The van der Waals surface area contributed by atoms with Crippen LogP contribution in [0.2, 0.25) is 6.55 Å². The largest absolute Gasteiger partial charge is 0.335 e. The van der Waals surface area contributed by atoms with E-state index in [0.29, 0.717) is 10.8 Å². The Morgan fingerprint density at radius 1 is 1.17 bits per heavy atom. The second kappa shape index (κ2) is 6.71. The van der Waals surface area contributed by atoms with Crippen molar-refractivity contribution in [2.24, 2.45) is 7.05 Å². The molecule has 0 bridgehead atoms. The van der Waals surface area contributed by atoms with Gasteiger partial charge in [-0.1, -0.05) is 37.7 Å². The summed E-state index contributed by atoms with van der Waals surface area (Å²) in [5.41, 5.74) is 1.76. The van der Waals surface area contributed by atoms with Crippen molar-refractivity contribution in [1.29, 1.82) is 0 Å². The summed E-state index contributed by atoms with van der Waals surface area (Å²) >= 11 is 0. The number of hydrogen-bond acceptors (Lipinski definition) is 2. The molecule has 3 aromatic rings. The molecule has 1 N–H and O–H groups in total. The predicted octanol–water partition coefficient (Wildman–Crippen LogP) is 2.78. The summed E-state index contributed by atoms with van der Waals surface area (Å²) in [4.78, 5) is 15.8. The Hall–Kier alpha value is -2.24. The molecule has 0 saturated heterocycles. The molecule has 0 spiro atoms. The van der Waals surface area contributed by atoms with Crippen molar-refractivity contribution < 1.29 is 4.39 Å². The predicted molar refractivity (Wildman–Crippen MR) is 99.5 cm³/mol. The number of rotatable bonds is 4. The van der Waals surface area contributed by atoms with Gasteiger partial charge in [0.25, 0.3) is 5.56 Å². The van der Waals surface area contributed by atoms with E-state index < -0.39 is 8.96 Å². The van der Waals surface area contributed by atoms with Gasteiger partial charge in [0.05, 0.1) is 0 Å². The van der Waals surface area contributed by atoms with E-state index in [-0.39, 0.29) is 11.4 Å². The number of benzene rings is 2. The van der Waals surface area contributed by atoms with Gasteiger partial charge in [0, 0.05) is 24.2 Å². The van der Waals surface area contributed by atoms with Gasteiger partial charge in [0.1, 0.15) is 5.82 Å². The van der Waals surface area contributed by atoms with Gasteiger partial charge < -0.3 is 9.55 Å². The molecule has 0 unspecified atom stereocenters. The zero-order chi connectivity index (χ0) is 17.3. The average molecular weight is 339 g/mol. The van der Waals surface area contributed by atoms with E-state index in [1.165, 1.54) is 17.3 Å². The first-order valence-electron chi connectivity index (χ1n) is 7.98. The molecule has 3 nitrogen and oxygen atoms in total. The zero-order valence-electron chi connectivity index (χ0n) is 14.1. The highest BCUT2D eigenvalue weighted by molar-refractivity contribution is 6.69. The molecule has 1 heterocycles. The molecular formula is C19H20FN2OSi. The minimum absolute atomic E-state index is 0.113. The van der Waals surface area contributed by atoms with Crippen LogP contribution in [0.3, 0.4) is 0 Å². The van der Waals surface area contributed by atoms with E-state index in [1.807, 2.05) is 12.1 Å². The third kappa shape index (κ3) is 3.05. The lowest BCUT2D eigenvalue weighted by Gasteiger charge is -2.14. The Morgan fingerprint density at radius 3 is 2.71 bits per heavy atom. The third-order valence-corrected chi connectivity index (χ3v) is 6.25. The van der Waals surface area contributed by atoms with Gasteiger partial charge in [0.2, 0.25) is 0 Å². The summed E-state index contributed by atoms with van der Waals surface area (Å²) < 4.78 is 15.3. The van der Waals surface area contributed by atoms with E-state index in [4.69, 9.17) is 0 Å². The molecule has 1 aromatic heterocycles. The molecule has 0 aliphatic rings. The van der Waals surface area contributed by atoms with Crippen LogP contribution in [0.4, 0.5) is 4.39 Å². The van der Waals surface area contributed by atoms with E-state index in [0.717, 1.165) is 17.7 Å². The first kappa shape index (κ1) is 16.6. The van der Waals surface area contributed by atoms with Crippen LogP contribution in [0, 0.1) is 5.82 Å². The summed E-state index contributed by atoms with van der Waals surface area (Å²) in [5, 5.41) is 2.46. The maximum absolute atomic E-state index is 13.8. The topological polar surface area (TPSA) is 34.0 Å². The molecule has 2 aromatic carbocycles. The summed E-state index contributed by atoms with van der Waals surface area (Å²) in [6, 6.07) is 12.6. The third-order valence-electron chi connectivity index (χ3n) is 4.19. The fourth-order valence-electron chi connectivity index (χ4n) is 2.95. The van der Waals surface area contributed by atoms with E-state index in [9.17, 15) is 9.18 Å². The number of aryl methyl sites for hydroxylation is 1. The number of pyridine rings is 1. The van der Waals surface area contributed by atoms with E-state index in [1.54, 1.807) is 23.9 Å². The van der Waals surface area contributed by atoms with Crippen LogP contribution in [-0.2, 0) is 7.05 Å². The van der Waals surface area contributed by atoms with E-state index in [2.05, 4.69) is 30.6 Å². The number of nitrogens with zero attached hydrogens (tertiary/aromatic N) is 1. The van der Waals surface area contributed by atoms with Crippen molar-refractivity contribution in [3.8, 4) is 11.1 Å². The molecule has 0 saturated carbocycles. The molecular weight excluding hydrogens is 319 g/mol. The van der Waals surface area contributed by atoms with Crippen molar-refractivity contribution in [3.63, 3.8) is 0 Å². The Morgan fingerprint density at radius 2 is 1.96 bits per heavy atom. The van der Waals surface area contributed by atoms with Crippen molar-refractivity contribution in [2.75, 3.05) is 6.54 Å². The van der Waals surface area contributed by atoms with Gasteiger partial charge in [-0.3, -0.25) is 4.79 Å². The molecule has 0 aliphatic heterocycles. The van der Waals surface area contributed by atoms with Crippen LogP contribution in [0.5, 0.6) is 0 Å². The molecule has 0 atom stereocenters. The van der Waals surface area contributed by atoms with Gasteiger partial charge >= 0.3 is 0 Å². The SMILES string of the molecule is CCN[Si](C)c1cccc(-c2cn(C)c(=O)c3ccc(F)cc23)c1. The zero-order valence-corrected chi connectivity index (χ0v) is 15.1. The molecule has 123 valence electrons. The van der Waals surface area contributed by atoms with Gasteiger partial charge in [-0.2, -0.15) is 0 Å². The van der Waals surface area contributed by atoms with Crippen molar-refractivity contribution in [2.45, 2.75) is 13.5 Å². The van der Waals surface area contributed by atoms with Crippen molar-refractivity contribution in [3.05, 3.63) is 64.8 Å². The fraction of sp³-hybridized carbons (Fsp3) is 0.211. The van der Waals surface area contributed by atoms with Crippen LogP contribution in [-0.4, -0.2) is 20.1 Å². The summed E-state index contributed by atoms with van der Waals surface area (Å²) in [7, 11) is 0.910. The normalized spacial score (nSPS) is 11.4. The van der Waals surface area contributed by atoms with E-state index >= 15 is 0 Å². The van der Waals surface area contributed by atoms with Gasteiger partial charge in [0.15, 0.2) is 8.96 Å². The van der Waals surface area contributed by atoms with Crippen LogP contribution in [0.15, 0.2) is 53.5 Å². The highest BCUT2D eigenvalue weighted by Crippen LogP contribution is 2.26. The number of hydrogen-bond donors (Lipinski definition) is 1. The Kier molecular flexibility index (Phi) is 4.64. The smallest absolute Gasteiger partial charge is 0.258 e. The summed E-state index contributed by atoms with van der Waals surface area (Å²) in [5.74, 6) is -0.332. The van der Waals surface area contributed by atoms with Gasteiger partial charge in [-0.15, -0.1) is 0 Å². The number of halogens is 1. The second-order valence-corrected chi connectivity index (χ2v) is 8.07. The van der Waals surface area contributed by atoms with Crippen LogP contribution in [0.25, 0.3) is 21.9 Å². The van der Waals surface area contributed by atoms with Crippen LogP contribution < -0.4 is 15.7 Å². The molecule has 0 fully saturated rings. The number of nitrogens with one attached hydrogen (secondary N) is 1. The maximum atomic E-state index is 13.8. The van der Waals surface area contributed by atoms with Gasteiger partial charge in [-0.25, -0.2) is 4.39 Å². The maximum Gasteiger partial charge on any atom is 0.258 e. The molecule has 0 amide bonds. The first-order valence-corrected chi connectivity index (χ1v) is 9.98. The monoisotopic (exact) mass is 339 g/mol. The second-order valence-electron chi connectivity index (χ2n) is 5.88. The lowest BCUT2D eigenvalue weighted by molar-refractivity contribution is 0.629. The first-order chi connectivity index (χ1) is 11.5.